The summed E-state index contributed by atoms with van der Waals surface area (Å²) in [6.45, 7) is 0. The molecule has 0 aromatic carbocycles. The van der Waals surface area contributed by atoms with Gasteiger partial charge in [-0.2, -0.15) is 21.0 Å². The van der Waals surface area contributed by atoms with E-state index in [4.69, 9.17) is 0 Å². The van der Waals surface area contributed by atoms with E-state index >= 15 is 0 Å². The van der Waals surface area contributed by atoms with Crippen molar-refractivity contribution in [3.05, 3.63) is 0 Å². The van der Waals surface area contributed by atoms with Gasteiger partial charge in [-0.05, 0) is 36.5 Å². The summed E-state index contributed by atoms with van der Waals surface area (Å²) in [6, 6.07) is 9.29. The monoisotopic (exact) mass is 236 g/mol. The molecule has 0 saturated heterocycles. The minimum absolute atomic E-state index is 0.0861. The number of hydrogen-bond acceptors (Lipinski definition) is 4. The molecule has 0 N–H and O–H groups in total. The minimum Gasteiger partial charge on any atom is -0.198 e. The average Bonchev–Trinajstić information content (AvgIpc) is 2.39. The number of rotatable bonds is 0. The largest absolute Gasteiger partial charge is 0.198 e. The highest BCUT2D eigenvalue weighted by atomic mass is 14.6. The van der Waals surface area contributed by atoms with Gasteiger partial charge in [-0.15, -0.1) is 0 Å². The molecule has 88 valence electrons. The molecule has 4 saturated carbocycles. The maximum Gasteiger partial charge on any atom is 0.0662 e. The Morgan fingerprint density at radius 3 is 0.889 bits per heavy atom. The molecule has 0 aromatic rings. The Kier molecular flexibility index (Phi) is 2.29. The first-order valence-corrected chi connectivity index (χ1v) is 6.35. The van der Waals surface area contributed by atoms with Crippen LogP contribution in [0.2, 0.25) is 0 Å². The third-order valence-electron chi connectivity index (χ3n) is 5.38. The quantitative estimate of drug-likeness (QED) is 0.641. The highest BCUT2D eigenvalue weighted by molar-refractivity contribution is 5.22. The van der Waals surface area contributed by atoms with Crippen LogP contribution in [0.3, 0.4) is 0 Å². The van der Waals surface area contributed by atoms with E-state index in [1.165, 1.54) is 0 Å². The molecular weight excluding hydrogens is 224 g/mol. The van der Waals surface area contributed by atoms with Gasteiger partial charge >= 0.3 is 0 Å². The summed E-state index contributed by atoms with van der Waals surface area (Å²) < 4.78 is 0. The summed E-state index contributed by atoms with van der Waals surface area (Å²) >= 11 is 0. The molecular formula is C14H12N4. The van der Waals surface area contributed by atoms with Crippen LogP contribution in [0, 0.1) is 92.7 Å². The van der Waals surface area contributed by atoms with E-state index in [1.54, 1.807) is 0 Å². The maximum absolute atomic E-state index is 9.31. The zero-order valence-electron chi connectivity index (χ0n) is 9.82. The van der Waals surface area contributed by atoms with Crippen LogP contribution in [-0.4, -0.2) is 0 Å². The van der Waals surface area contributed by atoms with Crippen molar-refractivity contribution in [1.29, 1.82) is 21.0 Å². The van der Waals surface area contributed by atoms with Crippen molar-refractivity contribution in [1.82, 2.24) is 0 Å². The molecule has 0 spiro atoms. The van der Waals surface area contributed by atoms with Crippen molar-refractivity contribution in [2.75, 3.05) is 0 Å². The molecule has 4 nitrogen and oxygen atoms in total. The van der Waals surface area contributed by atoms with Crippen molar-refractivity contribution < 1.29 is 0 Å². The van der Waals surface area contributed by atoms with Gasteiger partial charge in [0.15, 0.2) is 0 Å². The summed E-state index contributed by atoms with van der Waals surface area (Å²) in [4.78, 5) is 0. The lowest BCUT2D eigenvalue weighted by atomic mass is 9.42. The molecule has 0 atom stereocenters. The predicted molar refractivity (Wildman–Crippen MR) is 59.6 cm³/mol. The summed E-state index contributed by atoms with van der Waals surface area (Å²) in [7, 11) is 0. The van der Waals surface area contributed by atoms with Crippen molar-refractivity contribution in [2.45, 2.75) is 12.8 Å². The second-order valence-electron chi connectivity index (χ2n) is 5.75. The Labute approximate surface area is 106 Å². The lowest BCUT2D eigenvalue weighted by Gasteiger charge is -2.58. The maximum atomic E-state index is 9.31. The van der Waals surface area contributed by atoms with E-state index < -0.39 is 0 Å². The zero-order chi connectivity index (χ0) is 12.9. The van der Waals surface area contributed by atoms with Crippen LogP contribution in [0.25, 0.3) is 0 Å². The first kappa shape index (κ1) is 11.1. The van der Waals surface area contributed by atoms with Gasteiger partial charge in [0, 0.05) is 0 Å². The minimum atomic E-state index is -0.161. The van der Waals surface area contributed by atoms with E-state index in [-0.39, 0.29) is 47.3 Å². The first-order valence-electron chi connectivity index (χ1n) is 6.35. The second kappa shape index (κ2) is 3.73. The van der Waals surface area contributed by atoms with Crippen LogP contribution >= 0.6 is 0 Å². The van der Waals surface area contributed by atoms with Gasteiger partial charge in [-0.25, -0.2) is 0 Å². The van der Waals surface area contributed by atoms with Gasteiger partial charge in [-0.3, -0.25) is 0 Å². The lowest BCUT2D eigenvalue weighted by molar-refractivity contribution is -0.0971. The molecule has 4 aliphatic carbocycles. The Bertz CT molecular complexity index is 426. The third kappa shape index (κ3) is 1.11. The Morgan fingerprint density at radius 1 is 0.500 bits per heavy atom. The molecule has 0 aliphatic heterocycles. The Balaban J connectivity index is 2.06. The molecule has 4 fully saturated rings. The van der Waals surface area contributed by atoms with Crippen molar-refractivity contribution >= 4 is 0 Å². The van der Waals surface area contributed by atoms with Crippen LogP contribution in [0.1, 0.15) is 12.8 Å². The average molecular weight is 236 g/mol. The fourth-order valence-electron chi connectivity index (χ4n) is 4.73. The fourth-order valence-corrected chi connectivity index (χ4v) is 4.73. The normalized spacial score (nSPS) is 51.8. The van der Waals surface area contributed by atoms with Crippen molar-refractivity contribution in [3.63, 3.8) is 0 Å². The van der Waals surface area contributed by atoms with Crippen LogP contribution in [0.4, 0.5) is 0 Å². The molecule has 0 aromatic heterocycles. The summed E-state index contributed by atoms with van der Waals surface area (Å²) in [6.07, 6.45) is 1.42. The van der Waals surface area contributed by atoms with Crippen LogP contribution < -0.4 is 0 Å². The third-order valence-corrected chi connectivity index (χ3v) is 5.38. The number of hydrogen-bond donors (Lipinski definition) is 0. The van der Waals surface area contributed by atoms with Crippen molar-refractivity contribution in [3.8, 4) is 24.3 Å². The van der Waals surface area contributed by atoms with E-state index in [0.717, 1.165) is 0 Å². The van der Waals surface area contributed by atoms with E-state index in [0.29, 0.717) is 12.8 Å². The molecule has 0 unspecified atom stereocenters. The van der Waals surface area contributed by atoms with E-state index in [9.17, 15) is 21.0 Å². The summed E-state index contributed by atoms with van der Waals surface area (Å²) in [5, 5.41) is 37.3. The Morgan fingerprint density at radius 2 is 0.722 bits per heavy atom. The van der Waals surface area contributed by atoms with Crippen LogP contribution in [0.5, 0.6) is 0 Å². The topological polar surface area (TPSA) is 95.2 Å². The highest BCUT2D eigenvalue weighted by Gasteiger charge is 2.62. The highest BCUT2D eigenvalue weighted by Crippen LogP contribution is 2.63. The standard InChI is InChI=1S/C14H12N4/c15-3-11-7-1-8-13(5-17)9(11)2-10(12(7)4-16)14(8)6-18/h7-14H,1-2H2. The van der Waals surface area contributed by atoms with Gasteiger partial charge in [-0.1, -0.05) is 0 Å². The predicted octanol–water partition coefficient (Wildman–Crippen LogP) is 1.83. The van der Waals surface area contributed by atoms with Gasteiger partial charge in [0.1, 0.15) is 0 Å². The second-order valence-corrected chi connectivity index (χ2v) is 5.75. The van der Waals surface area contributed by atoms with Crippen LogP contribution in [-0.2, 0) is 0 Å². The van der Waals surface area contributed by atoms with E-state index in [2.05, 4.69) is 24.3 Å². The number of nitriles is 4. The molecule has 0 heterocycles. The van der Waals surface area contributed by atoms with Gasteiger partial charge in [0.05, 0.1) is 47.9 Å². The smallest absolute Gasteiger partial charge is 0.0662 e. The molecule has 0 amide bonds. The van der Waals surface area contributed by atoms with Crippen LogP contribution in [0.15, 0.2) is 0 Å². The SMILES string of the molecule is N#CC1C2CC3C(C#N)C1CC(C2C#N)C3C#N. The first-order chi connectivity index (χ1) is 8.76. The molecule has 4 rings (SSSR count). The Hall–Kier alpha value is -2.04. The molecule has 0 radical (unpaired) electrons. The summed E-state index contributed by atoms with van der Waals surface area (Å²) in [5.41, 5.74) is 0. The lowest BCUT2D eigenvalue weighted by Crippen LogP contribution is -2.58. The summed E-state index contributed by atoms with van der Waals surface area (Å²) in [5.74, 6) is -0.299. The zero-order valence-corrected chi connectivity index (χ0v) is 9.82. The fraction of sp³-hybridized carbons (Fsp3) is 0.714. The number of nitrogens with zero attached hydrogens (tertiary/aromatic N) is 4. The van der Waals surface area contributed by atoms with Crippen molar-refractivity contribution in [2.24, 2.45) is 47.3 Å². The van der Waals surface area contributed by atoms with E-state index in [1.807, 2.05) is 0 Å². The molecule has 4 bridgehead atoms. The van der Waals surface area contributed by atoms with Gasteiger partial charge < -0.3 is 0 Å². The van der Waals surface area contributed by atoms with Gasteiger partial charge in [0.25, 0.3) is 0 Å². The van der Waals surface area contributed by atoms with Gasteiger partial charge in [0.2, 0.25) is 0 Å². The molecule has 4 heteroatoms. The molecule has 18 heavy (non-hydrogen) atoms. The molecule has 4 aliphatic rings.